The van der Waals surface area contributed by atoms with E-state index in [-0.39, 0.29) is 0 Å². The zero-order valence-electron chi connectivity index (χ0n) is 11.5. The average Bonchev–Trinajstić information content (AvgIpc) is 2.91. The van der Waals surface area contributed by atoms with E-state index in [4.69, 9.17) is 11.6 Å². The van der Waals surface area contributed by atoms with Gasteiger partial charge in [-0.1, -0.05) is 18.5 Å². The van der Waals surface area contributed by atoms with Gasteiger partial charge in [-0.25, -0.2) is 4.98 Å². The highest BCUT2D eigenvalue weighted by atomic mass is 35.5. The van der Waals surface area contributed by atoms with Crippen LogP contribution in [0.25, 0.3) is 0 Å². The predicted octanol–water partition coefficient (Wildman–Crippen LogP) is 2.26. The summed E-state index contributed by atoms with van der Waals surface area (Å²) in [5.74, 6) is 0. The van der Waals surface area contributed by atoms with Gasteiger partial charge in [0.15, 0.2) is 0 Å². The molecule has 0 aliphatic carbocycles. The number of hydrogen-bond acceptors (Lipinski definition) is 3. The lowest BCUT2D eigenvalue weighted by molar-refractivity contribution is 0.168. The second-order valence-electron chi connectivity index (χ2n) is 4.71. The summed E-state index contributed by atoms with van der Waals surface area (Å²) < 4.78 is 3.60. The number of aliphatic hydroxyl groups excluding tert-OH is 1. The minimum atomic E-state index is -0.616. The SMILES string of the molecule is CCCn1cncc1C(O)Cc1c(C)nn(C)c1Cl. The molecule has 0 aliphatic heterocycles. The lowest BCUT2D eigenvalue weighted by Crippen LogP contribution is -2.09. The minimum Gasteiger partial charge on any atom is -0.386 e. The van der Waals surface area contributed by atoms with Gasteiger partial charge in [0.05, 0.1) is 30.0 Å². The molecule has 0 saturated heterocycles. The van der Waals surface area contributed by atoms with Crippen molar-refractivity contribution in [1.29, 1.82) is 0 Å². The standard InChI is InChI=1S/C13H19ClN4O/c1-4-5-18-8-15-7-11(18)12(19)6-10-9(2)16-17(3)13(10)14/h7-8,12,19H,4-6H2,1-3H3. The number of imidazole rings is 1. The number of hydrogen-bond donors (Lipinski definition) is 1. The molecule has 1 unspecified atom stereocenters. The van der Waals surface area contributed by atoms with Gasteiger partial charge in [0, 0.05) is 25.6 Å². The average molecular weight is 283 g/mol. The van der Waals surface area contributed by atoms with Crippen molar-refractivity contribution >= 4 is 11.6 Å². The predicted molar refractivity (Wildman–Crippen MR) is 74.1 cm³/mol. The normalized spacial score (nSPS) is 12.9. The molecule has 2 aromatic rings. The van der Waals surface area contributed by atoms with Gasteiger partial charge in [-0.3, -0.25) is 4.68 Å². The lowest BCUT2D eigenvalue weighted by Gasteiger charge is -2.13. The highest BCUT2D eigenvalue weighted by Gasteiger charge is 2.19. The van der Waals surface area contributed by atoms with Crippen molar-refractivity contribution in [1.82, 2.24) is 19.3 Å². The van der Waals surface area contributed by atoms with Crippen LogP contribution in [-0.4, -0.2) is 24.4 Å². The minimum absolute atomic E-state index is 0.452. The van der Waals surface area contributed by atoms with Gasteiger partial charge in [-0.2, -0.15) is 5.10 Å². The molecule has 19 heavy (non-hydrogen) atoms. The summed E-state index contributed by atoms with van der Waals surface area (Å²) in [7, 11) is 1.80. The molecule has 2 heterocycles. The quantitative estimate of drug-likeness (QED) is 0.915. The molecular formula is C13H19ClN4O. The maximum atomic E-state index is 10.4. The molecule has 0 aromatic carbocycles. The molecule has 0 spiro atoms. The topological polar surface area (TPSA) is 55.9 Å². The maximum Gasteiger partial charge on any atom is 0.130 e. The molecule has 0 aliphatic rings. The maximum absolute atomic E-state index is 10.4. The first-order valence-electron chi connectivity index (χ1n) is 6.40. The second-order valence-corrected chi connectivity index (χ2v) is 5.07. The number of aliphatic hydroxyl groups is 1. The van der Waals surface area contributed by atoms with Crippen LogP contribution < -0.4 is 0 Å². The van der Waals surface area contributed by atoms with E-state index in [2.05, 4.69) is 17.0 Å². The third-order valence-corrected chi connectivity index (χ3v) is 3.69. The Bertz CT molecular complexity index is 561. The highest BCUT2D eigenvalue weighted by Crippen LogP contribution is 2.25. The van der Waals surface area contributed by atoms with E-state index in [0.717, 1.165) is 29.9 Å². The van der Waals surface area contributed by atoms with E-state index in [0.29, 0.717) is 11.6 Å². The third kappa shape index (κ3) is 2.82. The Morgan fingerprint density at radius 3 is 2.79 bits per heavy atom. The third-order valence-electron chi connectivity index (χ3n) is 3.22. The number of aromatic nitrogens is 4. The molecule has 6 heteroatoms. The summed E-state index contributed by atoms with van der Waals surface area (Å²) >= 11 is 6.19. The smallest absolute Gasteiger partial charge is 0.130 e. The van der Waals surface area contributed by atoms with Crippen molar-refractivity contribution in [2.75, 3.05) is 0 Å². The number of rotatable bonds is 5. The van der Waals surface area contributed by atoms with E-state index in [1.807, 2.05) is 11.5 Å². The van der Waals surface area contributed by atoms with Crippen molar-refractivity contribution in [2.24, 2.45) is 7.05 Å². The van der Waals surface area contributed by atoms with E-state index in [1.165, 1.54) is 0 Å². The van der Waals surface area contributed by atoms with Gasteiger partial charge in [-0.05, 0) is 13.3 Å². The van der Waals surface area contributed by atoms with E-state index in [1.54, 1.807) is 24.3 Å². The molecule has 104 valence electrons. The molecule has 2 aromatic heterocycles. The van der Waals surface area contributed by atoms with Gasteiger partial charge >= 0.3 is 0 Å². The first-order chi connectivity index (χ1) is 9.04. The zero-order valence-corrected chi connectivity index (χ0v) is 12.2. The van der Waals surface area contributed by atoms with Crippen LogP contribution in [0.5, 0.6) is 0 Å². The fourth-order valence-corrected chi connectivity index (χ4v) is 2.49. The van der Waals surface area contributed by atoms with Crippen molar-refractivity contribution in [3.63, 3.8) is 0 Å². The van der Waals surface area contributed by atoms with Gasteiger partial charge in [0.2, 0.25) is 0 Å². The van der Waals surface area contributed by atoms with Crippen LogP contribution >= 0.6 is 11.6 Å². The molecule has 0 bridgehead atoms. The second kappa shape index (κ2) is 5.75. The number of nitrogens with zero attached hydrogens (tertiary/aromatic N) is 4. The van der Waals surface area contributed by atoms with Crippen LogP contribution in [0.4, 0.5) is 0 Å². The molecule has 5 nitrogen and oxygen atoms in total. The van der Waals surface area contributed by atoms with Crippen LogP contribution in [0, 0.1) is 6.92 Å². The summed E-state index contributed by atoms with van der Waals surface area (Å²) in [4.78, 5) is 4.10. The summed E-state index contributed by atoms with van der Waals surface area (Å²) in [6, 6.07) is 0. The Morgan fingerprint density at radius 2 is 2.21 bits per heavy atom. The Hall–Kier alpha value is -1.33. The molecular weight excluding hydrogens is 264 g/mol. The Morgan fingerprint density at radius 1 is 1.47 bits per heavy atom. The first kappa shape index (κ1) is 14.1. The van der Waals surface area contributed by atoms with Gasteiger partial charge in [0.1, 0.15) is 5.15 Å². The van der Waals surface area contributed by atoms with Crippen LogP contribution in [0.2, 0.25) is 5.15 Å². The van der Waals surface area contributed by atoms with Crippen LogP contribution in [0.1, 0.15) is 36.4 Å². The van der Waals surface area contributed by atoms with Crippen molar-refractivity contribution in [3.05, 3.63) is 34.6 Å². The van der Waals surface area contributed by atoms with E-state index >= 15 is 0 Å². The fourth-order valence-electron chi connectivity index (χ4n) is 2.24. The summed E-state index contributed by atoms with van der Waals surface area (Å²) in [6.07, 6.45) is 4.30. The molecule has 0 fully saturated rings. The van der Waals surface area contributed by atoms with Crippen molar-refractivity contribution in [2.45, 2.75) is 39.3 Å². The summed E-state index contributed by atoms with van der Waals surface area (Å²) in [6.45, 7) is 4.85. The molecule has 0 saturated carbocycles. The van der Waals surface area contributed by atoms with E-state index in [9.17, 15) is 5.11 Å². The molecule has 2 rings (SSSR count). The van der Waals surface area contributed by atoms with Gasteiger partial charge in [-0.15, -0.1) is 0 Å². The molecule has 1 N–H and O–H groups in total. The number of aryl methyl sites for hydroxylation is 3. The van der Waals surface area contributed by atoms with Gasteiger partial charge < -0.3 is 9.67 Å². The molecule has 1 atom stereocenters. The first-order valence-corrected chi connectivity index (χ1v) is 6.78. The Labute approximate surface area is 117 Å². The lowest BCUT2D eigenvalue weighted by atomic mass is 10.1. The van der Waals surface area contributed by atoms with Crippen molar-refractivity contribution in [3.8, 4) is 0 Å². The summed E-state index contributed by atoms with van der Waals surface area (Å²) in [5, 5.41) is 15.2. The fraction of sp³-hybridized carbons (Fsp3) is 0.538. The number of halogens is 1. The Kier molecular flexibility index (Phi) is 4.27. The van der Waals surface area contributed by atoms with Gasteiger partial charge in [0.25, 0.3) is 0 Å². The van der Waals surface area contributed by atoms with Crippen molar-refractivity contribution < 1.29 is 5.11 Å². The van der Waals surface area contributed by atoms with Crippen LogP contribution in [0.3, 0.4) is 0 Å². The van der Waals surface area contributed by atoms with Crippen LogP contribution in [-0.2, 0) is 20.0 Å². The Balaban J connectivity index is 2.20. The monoisotopic (exact) mass is 282 g/mol. The summed E-state index contributed by atoms with van der Waals surface area (Å²) in [5.41, 5.74) is 2.56. The highest BCUT2D eigenvalue weighted by molar-refractivity contribution is 6.30. The van der Waals surface area contributed by atoms with E-state index < -0.39 is 6.10 Å². The molecule has 0 amide bonds. The molecule has 0 radical (unpaired) electrons. The van der Waals surface area contributed by atoms with Crippen LogP contribution in [0.15, 0.2) is 12.5 Å². The largest absolute Gasteiger partial charge is 0.386 e. The zero-order chi connectivity index (χ0) is 14.0.